The van der Waals surface area contributed by atoms with Gasteiger partial charge in [0.15, 0.2) is 0 Å². The van der Waals surface area contributed by atoms with Crippen molar-refractivity contribution < 1.29 is 13.6 Å². The van der Waals surface area contributed by atoms with Crippen LogP contribution in [-0.2, 0) is 0 Å². The van der Waals surface area contributed by atoms with Gasteiger partial charge in [0, 0.05) is 31.5 Å². The summed E-state index contributed by atoms with van der Waals surface area (Å²) in [6.45, 7) is 2.79. The van der Waals surface area contributed by atoms with Crippen molar-refractivity contribution in [3.8, 4) is 0 Å². The maximum Gasteiger partial charge on any atom is 0.317 e. The lowest BCUT2D eigenvalue weighted by molar-refractivity contribution is -0.0908. The van der Waals surface area contributed by atoms with Gasteiger partial charge in [0.05, 0.1) is 0 Å². The van der Waals surface area contributed by atoms with Gasteiger partial charge in [0.1, 0.15) is 0 Å². The fourth-order valence-electron chi connectivity index (χ4n) is 2.15. The number of carbonyl (C=O) groups is 1. The predicted molar refractivity (Wildman–Crippen MR) is 51.9 cm³/mol. The maximum absolute atomic E-state index is 12.5. The van der Waals surface area contributed by atoms with Crippen LogP contribution in [0.3, 0.4) is 0 Å². The smallest absolute Gasteiger partial charge is 0.317 e. The molecule has 1 saturated heterocycles. The molecule has 86 valence electrons. The molecule has 3 nitrogen and oxygen atoms in total. The molecule has 0 aromatic rings. The quantitative estimate of drug-likeness (QED) is 0.755. The first-order valence-electron chi connectivity index (χ1n) is 5.47. The fourth-order valence-corrected chi connectivity index (χ4v) is 2.15. The van der Waals surface area contributed by atoms with Gasteiger partial charge >= 0.3 is 6.03 Å². The monoisotopic (exact) mass is 218 g/mol. The summed E-state index contributed by atoms with van der Waals surface area (Å²) in [6, 6.07) is -0.190. The second-order valence-corrected chi connectivity index (χ2v) is 4.45. The topological polar surface area (TPSA) is 32.3 Å². The average molecular weight is 218 g/mol. The van der Waals surface area contributed by atoms with E-state index < -0.39 is 5.92 Å². The Hall–Kier alpha value is -0.870. The van der Waals surface area contributed by atoms with Gasteiger partial charge in [-0.1, -0.05) is 6.92 Å². The van der Waals surface area contributed by atoms with Crippen molar-refractivity contribution >= 4 is 6.03 Å². The van der Waals surface area contributed by atoms with Crippen molar-refractivity contribution in [2.45, 2.75) is 50.6 Å². The van der Waals surface area contributed by atoms with Crippen molar-refractivity contribution in [3.63, 3.8) is 0 Å². The molecule has 1 N–H and O–H groups in total. The zero-order valence-electron chi connectivity index (χ0n) is 8.80. The molecule has 1 unspecified atom stereocenters. The highest BCUT2D eigenvalue weighted by Crippen LogP contribution is 2.37. The van der Waals surface area contributed by atoms with E-state index >= 15 is 0 Å². The second-order valence-electron chi connectivity index (χ2n) is 4.45. The van der Waals surface area contributed by atoms with Crippen LogP contribution in [0, 0.1) is 0 Å². The predicted octanol–water partition coefficient (Wildman–Crippen LogP) is 1.98. The van der Waals surface area contributed by atoms with Gasteiger partial charge in [0.25, 0.3) is 5.92 Å². The minimum Gasteiger partial charge on any atom is -0.335 e. The summed E-state index contributed by atoms with van der Waals surface area (Å²) in [4.78, 5) is 13.3. The lowest BCUT2D eigenvalue weighted by Gasteiger charge is -2.43. The summed E-state index contributed by atoms with van der Waals surface area (Å²) in [5.41, 5.74) is 0. The number of hydrogen-bond acceptors (Lipinski definition) is 1. The van der Waals surface area contributed by atoms with Crippen LogP contribution in [0.5, 0.6) is 0 Å². The van der Waals surface area contributed by atoms with Crippen LogP contribution in [-0.4, -0.2) is 35.5 Å². The highest BCUT2D eigenvalue weighted by Gasteiger charge is 2.46. The van der Waals surface area contributed by atoms with Gasteiger partial charge in [0.2, 0.25) is 0 Å². The first-order valence-corrected chi connectivity index (χ1v) is 5.47. The zero-order chi connectivity index (χ0) is 11.1. The maximum atomic E-state index is 12.5. The molecule has 0 bridgehead atoms. The minimum atomic E-state index is -2.56. The lowest BCUT2D eigenvalue weighted by Crippen LogP contribution is -2.59. The molecule has 5 heteroatoms. The van der Waals surface area contributed by atoms with Crippen molar-refractivity contribution in [3.05, 3.63) is 0 Å². The summed E-state index contributed by atoms with van der Waals surface area (Å²) in [6.07, 6.45) is 1.56. The van der Waals surface area contributed by atoms with Gasteiger partial charge in [-0.2, -0.15) is 0 Å². The Balaban J connectivity index is 1.74. The number of likely N-dealkylation sites (tertiary alicyclic amines) is 1. The second kappa shape index (κ2) is 3.61. The van der Waals surface area contributed by atoms with Gasteiger partial charge in [-0.3, -0.25) is 0 Å². The number of urea groups is 1. The third-order valence-corrected chi connectivity index (χ3v) is 3.29. The standard InChI is InChI=1S/C10H16F2N2O/c1-2-8-3-4-14(8)9(15)13-7-5-10(11,12)6-7/h7-8H,2-6H2,1H3,(H,13,15). The highest BCUT2D eigenvalue weighted by atomic mass is 19.3. The third kappa shape index (κ3) is 2.06. The van der Waals surface area contributed by atoms with Gasteiger partial charge in [-0.15, -0.1) is 0 Å². The molecule has 2 aliphatic rings. The molecule has 0 aromatic heterocycles. The number of carbonyl (C=O) groups excluding carboxylic acids is 1. The number of amides is 2. The Morgan fingerprint density at radius 2 is 2.20 bits per heavy atom. The van der Waals surface area contributed by atoms with Crippen LogP contribution >= 0.6 is 0 Å². The van der Waals surface area contributed by atoms with Crippen LogP contribution < -0.4 is 5.32 Å². The first-order chi connectivity index (χ1) is 7.02. The van der Waals surface area contributed by atoms with Crippen LogP contribution in [0.1, 0.15) is 32.6 Å². The molecule has 0 radical (unpaired) electrons. The summed E-state index contributed by atoms with van der Waals surface area (Å²) >= 11 is 0. The molecule has 0 spiro atoms. The fraction of sp³-hybridized carbons (Fsp3) is 0.900. The summed E-state index contributed by atoms with van der Waals surface area (Å²) in [5.74, 6) is -2.56. The number of hydrogen-bond donors (Lipinski definition) is 1. The number of halogens is 2. The van der Waals surface area contributed by atoms with Crippen molar-refractivity contribution in [2.24, 2.45) is 0 Å². The van der Waals surface area contributed by atoms with E-state index in [0.29, 0.717) is 6.04 Å². The molecule has 1 aliphatic carbocycles. The number of nitrogens with one attached hydrogen (secondary N) is 1. The molecule has 1 heterocycles. The van der Waals surface area contributed by atoms with E-state index in [-0.39, 0.29) is 24.9 Å². The lowest BCUT2D eigenvalue weighted by atomic mass is 9.88. The van der Waals surface area contributed by atoms with Crippen LogP contribution in [0.25, 0.3) is 0 Å². The van der Waals surface area contributed by atoms with Crippen molar-refractivity contribution in [1.29, 1.82) is 0 Å². The molecule has 15 heavy (non-hydrogen) atoms. The summed E-state index contributed by atoms with van der Waals surface area (Å²) in [5, 5.41) is 2.65. The Morgan fingerprint density at radius 3 is 2.60 bits per heavy atom. The molecular weight excluding hydrogens is 202 g/mol. The Kier molecular flexibility index (Phi) is 2.56. The molecular formula is C10H16F2N2O. The third-order valence-electron chi connectivity index (χ3n) is 3.29. The van der Waals surface area contributed by atoms with E-state index in [1.807, 2.05) is 6.92 Å². The van der Waals surface area contributed by atoms with E-state index in [1.54, 1.807) is 4.90 Å². The van der Waals surface area contributed by atoms with E-state index in [0.717, 1.165) is 19.4 Å². The normalized spacial score (nSPS) is 29.3. The molecule has 1 aliphatic heterocycles. The highest BCUT2D eigenvalue weighted by molar-refractivity contribution is 5.75. The van der Waals surface area contributed by atoms with E-state index in [2.05, 4.69) is 5.32 Å². The zero-order valence-corrected chi connectivity index (χ0v) is 8.80. The van der Waals surface area contributed by atoms with Crippen molar-refractivity contribution in [2.75, 3.05) is 6.54 Å². The first kappa shape index (κ1) is 10.6. The summed E-state index contributed by atoms with van der Waals surface area (Å²) in [7, 11) is 0. The molecule has 2 fully saturated rings. The molecule has 1 saturated carbocycles. The van der Waals surface area contributed by atoms with E-state index in [1.165, 1.54) is 0 Å². The Morgan fingerprint density at radius 1 is 1.53 bits per heavy atom. The van der Waals surface area contributed by atoms with Crippen LogP contribution in [0.15, 0.2) is 0 Å². The van der Waals surface area contributed by atoms with Gasteiger partial charge in [-0.05, 0) is 12.8 Å². The largest absolute Gasteiger partial charge is 0.335 e. The molecule has 2 rings (SSSR count). The van der Waals surface area contributed by atoms with Crippen LogP contribution in [0.4, 0.5) is 13.6 Å². The Bertz CT molecular complexity index is 260. The van der Waals surface area contributed by atoms with Crippen LogP contribution in [0.2, 0.25) is 0 Å². The summed E-state index contributed by atoms with van der Waals surface area (Å²) < 4.78 is 25.0. The molecule has 2 amide bonds. The van der Waals surface area contributed by atoms with E-state index in [9.17, 15) is 13.6 Å². The number of rotatable bonds is 2. The number of alkyl halides is 2. The van der Waals surface area contributed by atoms with Gasteiger partial charge < -0.3 is 10.2 Å². The molecule has 1 atom stereocenters. The van der Waals surface area contributed by atoms with E-state index in [4.69, 9.17) is 0 Å². The SMILES string of the molecule is CCC1CCN1C(=O)NC1CC(F)(F)C1. The van der Waals surface area contributed by atoms with Gasteiger partial charge in [-0.25, -0.2) is 13.6 Å². The number of nitrogens with zero attached hydrogens (tertiary/aromatic N) is 1. The molecule has 0 aromatic carbocycles. The van der Waals surface area contributed by atoms with Crippen molar-refractivity contribution in [1.82, 2.24) is 10.2 Å². The minimum absolute atomic E-state index is 0.173. The Labute approximate surface area is 87.8 Å². The average Bonchev–Trinajstić information content (AvgIpc) is 1.98.